The maximum atomic E-state index is 12.6. The zero-order valence-electron chi connectivity index (χ0n) is 17.0. The van der Waals surface area contributed by atoms with Gasteiger partial charge in [-0.25, -0.2) is 9.78 Å². The average Bonchev–Trinajstić information content (AvgIpc) is 3.40. The molecular formula is C20H24N8O2. The van der Waals surface area contributed by atoms with Crippen molar-refractivity contribution in [1.29, 1.82) is 0 Å². The third-order valence-electron chi connectivity index (χ3n) is 5.23. The van der Waals surface area contributed by atoms with Gasteiger partial charge in [0.25, 0.3) is 0 Å². The van der Waals surface area contributed by atoms with E-state index in [1.807, 2.05) is 24.3 Å². The Balaban J connectivity index is 1.63. The van der Waals surface area contributed by atoms with Crippen molar-refractivity contribution in [2.45, 2.75) is 39.5 Å². The largest absolute Gasteiger partial charge is 0.462 e. The van der Waals surface area contributed by atoms with Gasteiger partial charge in [-0.05, 0) is 34.9 Å². The Morgan fingerprint density at radius 1 is 1.27 bits per heavy atom. The number of carbonyl (C=O) groups is 1. The van der Waals surface area contributed by atoms with Crippen LogP contribution in [0.3, 0.4) is 0 Å². The lowest BCUT2D eigenvalue weighted by molar-refractivity contribution is 0.0429. The first-order valence-corrected chi connectivity index (χ1v) is 10.1. The predicted octanol–water partition coefficient (Wildman–Crippen LogP) is 2.81. The van der Waals surface area contributed by atoms with Crippen molar-refractivity contribution in [3.05, 3.63) is 36.0 Å². The minimum absolute atomic E-state index is 0.134. The summed E-state index contributed by atoms with van der Waals surface area (Å²) in [6.45, 7) is 4.62. The van der Waals surface area contributed by atoms with Crippen molar-refractivity contribution in [2.75, 3.05) is 12.3 Å². The van der Waals surface area contributed by atoms with Gasteiger partial charge >= 0.3 is 5.97 Å². The number of para-hydroxylation sites is 2. The molecule has 0 saturated heterocycles. The van der Waals surface area contributed by atoms with E-state index in [1.165, 1.54) is 10.9 Å². The average molecular weight is 408 g/mol. The van der Waals surface area contributed by atoms with E-state index in [2.05, 4.69) is 39.5 Å². The molecule has 0 radical (unpaired) electrons. The first-order chi connectivity index (χ1) is 14.6. The van der Waals surface area contributed by atoms with Crippen LogP contribution in [0.2, 0.25) is 0 Å². The summed E-state index contributed by atoms with van der Waals surface area (Å²) in [5.74, 6) is 0.318. The lowest BCUT2D eigenvalue weighted by Gasteiger charge is -2.14. The van der Waals surface area contributed by atoms with Gasteiger partial charge in [0.1, 0.15) is 11.4 Å². The second kappa shape index (κ2) is 8.44. The number of fused-ring (bicyclic) bond motifs is 3. The monoisotopic (exact) mass is 408 g/mol. The molecule has 156 valence electrons. The molecule has 0 spiro atoms. The molecule has 0 aliphatic carbocycles. The van der Waals surface area contributed by atoms with Gasteiger partial charge in [-0.15, -0.1) is 5.10 Å². The maximum absolute atomic E-state index is 12.6. The van der Waals surface area contributed by atoms with Crippen molar-refractivity contribution >= 4 is 28.5 Å². The van der Waals surface area contributed by atoms with Crippen LogP contribution in [0.25, 0.3) is 22.5 Å². The summed E-state index contributed by atoms with van der Waals surface area (Å²) in [6, 6.07) is 7.46. The second-order valence-electron chi connectivity index (χ2n) is 7.21. The zero-order chi connectivity index (χ0) is 21.1. The normalized spacial score (nSPS) is 12.5. The molecule has 1 atom stereocenters. The molecule has 10 heteroatoms. The number of unbranched alkanes of at least 4 members (excludes halogenated alkanes) is 1. The highest BCUT2D eigenvalue weighted by atomic mass is 16.5. The summed E-state index contributed by atoms with van der Waals surface area (Å²) < 4.78 is 8.44. The number of ether oxygens (including phenoxy) is 1. The van der Waals surface area contributed by atoms with Crippen molar-refractivity contribution in [1.82, 2.24) is 34.8 Å². The molecule has 1 unspecified atom stereocenters. The Bertz CT molecular complexity index is 1180. The Morgan fingerprint density at radius 3 is 2.90 bits per heavy atom. The molecule has 2 N–H and O–H groups in total. The van der Waals surface area contributed by atoms with Crippen molar-refractivity contribution < 1.29 is 9.53 Å². The van der Waals surface area contributed by atoms with Gasteiger partial charge in [0.2, 0.25) is 11.5 Å². The summed E-state index contributed by atoms with van der Waals surface area (Å²) >= 11 is 0. The molecule has 1 aromatic carbocycles. The molecule has 10 nitrogen and oxygen atoms in total. The molecule has 3 heterocycles. The van der Waals surface area contributed by atoms with Crippen LogP contribution in [0, 0.1) is 5.92 Å². The fourth-order valence-corrected chi connectivity index (χ4v) is 3.39. The van der Waals surface area contributed by atoms with Crippen LogP contribution in [-0.2, 0) is 4.74 Å². The Hall–Kier alpha value is -3.56. The topological polar surface area (TPSA) is 126 Å². The van der Waals surface area contributed by atoms with Crippen molar-refractivity contribution in [2.24, 2.45) is 5.92 Å². The number of hydrogen-bond acceptors (Lipinski definition) is 8. The Labute approximate surface area is 173 Å². The van der Waals surface area contributed by atoms with Crippen LogP contribution in [0.15, 0.2) is 30.5 Å². The van der Waals surface area contributed by atoms with Gasteiger partial charge in [-0.2, -0.15) is 14.3 Å². The molecule has 3 aromatic heterocycles. The predicted molar refractivity (Wildman–Crippen MR) is 111 cm³/mol. The summed E-state index contributed by atoms with van der Waals surface area (Å²) in [7, 11) is 0. The molecule has 0 bridgehead atoms. The second-order valence-corrected chi connectivity index (χ2v) is 7.21. The summed E-state index contributed by atoms with van der Waals surface area (Å²) in [5.41, 5.74) is 8.25. The van der Waals surface area contributed by atoms with E-state index in [0.29, 0.717) is 29.5 Å². The van der Waals surface area contributed by atoms with Gasteiger partial charge in [0.15, 0.2) is 0 Å². The molecule has 30 heavy (non-hydrogen) atoms. The van der Waals surface area contributed by atoms with E-state index in [4.69, 9.17) is 10.5 Å². The first-order valence-electron chi connectivity index (χ1n) is 10.1. The molecule has 4 aromatic rings. The molecule has 0 aliphatic rings. The lowest BCUT2D eigenvalue weighted by atomic mass is 10.0. The van der Waals surface area contributed by atoms with Gasteiger partial charge in [-0.3, -0.25) is 0 Å². The number of esters is 1. The van der Waals surface area contributed by atoms with E-state index >= 15 is 0 Å². The van der Waals surface area contributed by atoms with Gasteiger partial charge in [-0.1, -0.05) is 45.2 Å². The van der Waals surface area contributed by atoms with Crippen LogP contribution in [0.5, 0.6) is 0 Å². The SMILES string of the molecule is CCCCC(CC)COC(=O)c1cnn(-c2nc3ccccc3n3nnnc23)c1N. The highest BCUT2D eigenvalue weighted by Gasteiger charge is 2.22. The Kier molecular flexibility index (Phi) is 5.55. The van der Waals surface area contributed by atoms with Gasteiger partial charge in [0, 0.05) is 0 Å². The molecule has 0 saturated carbocycles. The van der Waals surface area contributed by atoms with Crippen molar-refractivity contribution in [3.8, 4) is 5.82 Å². The van der Waals surface area contributed by atoms with E-state index in [1.54, 1.807) is 4.52 Å². The van der Waals surface area contributed by atoms with Crippen LogP contribution in [-0.4, -0.2) is 47.4 Å². The smallest absolute Gasteiger partial charge is 0.343 e. The standard InChI is InChI=1S/C20H24N8O2/c1-3-5-8-13(4-2)12-30-20(29)14-11-22-28(17(14)21)18-19-24-25-26-27(19)16-10-7-6-9-15(16)23-18/h6-7,9-11,13H,3-5,8,12,21H2,1-2H3. The Morgan fingerprint density at radius 2 is 2.10 bits per heavy atom. The molecule has 0 amide bonds. The van der Waals surface area contributed by atoms with Crippen LogP contribution < -0.4 is 5.73 Å². The fourth-order valence-electron chi connectivity index (χ4n) is 3.39. The molecule has 0 fully saturated rings. The minimum atomic E-state index is -0.495. The van der Waals surface area contributed by atoms with Crippen LogP contribution in [0.1, 0.15) is 49.9 Å². The summed E-state index contributed by atoms with van der Waals surface area (Å²) in [5, 5.41) is 16.1. The quantitative estimate of drug-likeness (QED) is 0.441. The van der Waals surface area contributed by atoms with Crippen LogP contribution in [0.4, 0.5) is 5.82 Å². The number of rotatable bonds is 8. The third kappa shape index (κ3) is 3.56. The molecular weight excluding hydrogens is 384 g/mol. The number of nitrogen functional groups attached to an aromatic ring is 1. The number of anilines is 1. The number of nitrogens with two attached hydrogens (primary N) is 1. The molecule has 0 aliphatic heterocycles. The highest BCUT2D eigenvalue weighted by Crippen LogP contribution is 2.23. The van der Waals surface area contributed by atoms with E-state index in [-0.39, 0.29) is 11.4 Å². The number of hydrogen-bond donors (Lipinski definition) is 1. The van der Waals surface area contributed by atoms with Crippen molar-refractivity contribution in [3.63, 3.8) is 0 Å². The van der Waals surface area contributed by atoms with Gasteiger partial charge in [0.05, 0.1) is 23.8 Å². The number of benzene rings is 1. The lowest BCUT2D eigenvalue weighted by Crippen LogP contribution is -2.15. The number of tetrazole rings is 1. The maximum Gasteiger partial charge on any atom is 0.343 e. The van der Waals surface area contributed by atoms with Gasteiger partial charge < -0.3 is 10.5 Å². The van der Waals surface area contributed by atoms with E-state index in [9.17, 15) is 4.79 Å². The summed E-state index contributed by atoms with van der Waals surface area (Å²) in [6.07, 6.45) is 5.62. The minimum Gasteiger partial charge on any atom is -0.462 e. The van der Waals surface area contributed by atoms with Crippen LogP contribution >= 0.6 is 0 Å². The zero-order valence-corrected chi connectivity index (χ0v) is 17.0. The summed E-state index contributed by atoms with van der Waals surface area (Å²) in [4.78, 5) is 17.2. The number of nitrogens with zero attached hydrogens (tertiary/aromatic N) is 7. The van der Waals surface area contributed by atoms with E-state index < -0.39 is 5.97 Å². The fraction of sp³-hybridized carbons (Fsp3) is 0.400. The number of aromatic nitrogens is 7. The highest BCUT2D eigenvalue weighted by molar-refractivity contribution is 5.94. The third-order valence-corrected chi connectivity index (χ3v) is 5.23. The first kappa shape index (κ1) is 19.7. The molecule has 4 rings (SSSR count). The van der Waals surface area contributed by atoms with E-state index in [0.717, 1.165) is 31.2 Å². The number of carbonyl (C=O) groups excluding carboxylic acids is 1.